The first-order valence-electron chi connectivity index (χ1n) is 10.2. The Morgan fingerprint density at radius 2 is 1.63 bits per heavy atom. The van der Waals surface area contributed by atoms with E-state index in [9.17, 15) is 25.2 Å². The van der Waals surface area contributed by atoms with Gasteiger partial charge in [-0.05, 0) is 29.8 Å². The first-order valence-corrected chi connectivity index (χ1v) is 10.6. The van der Waals surface area contributed by atoms with Crippen LogP contribution >= 0.6 is 11.6 Å². The van der Waals surface area contributed by atoms with E-state index in [4.69, 9.17) is 11.6 Å². The van der Waals surface area contributed by atoms with E-state index in [1.807, 2.05) is 12.1 Å². The highest BCUT2D eigenvalue weighted by atomic mass is 35.5. The summed E-state index contributed by atoms with van der Waals surface area (Å²) < 4.78 is 2.20. The van der Waals surface area contributed by atoms with Gasteiger partial charge in [0.05, 0.1) is 11.7 Å². The molecule has 168 valence electrons. The summed E-state index contributed by atoms with van der Waals surface area (Å²) in [4.78, 5) is 30.6. The van der Waals surface area contributed by atoms with Gasteiger partial charge in [-0.2, -0.15) is 20.1 Å². The number of nitrogens with zero attached hydrogens (tertiary/aromatic N) is 6. The van der Waals surface area contributed by atoms with E-state index >= 15 is 0 Å². The molecule has 0 bridgehead atoms. The van der Waals surface area contributed by atoms with E-state index < -0.39 is 11.1 Å². The molecular weight excluding hydrogens is 468 g/mol. The topological polar surface area (TPSA) is 137 Å². The predicted molar refractivity (Wildman–Crippen MR) is 129 cm³/mol. The highest BCUT2D eigenvalue weighted by Gasteiger charge is 2.24. The summed E-state index contributed by atoms with van der Waals surface area (Å²) >= 11 is 5.97. The van der Waals surface area contributed by atoms with E-state index in [1.54, 1.807) is 55.6 Å². The lowest BCUT2D eigenvalue weighted by Gasteiger charge is -2.13. The molecule has 9 nitrogen and oxygen atoms in total. The maximum atomic E-state index is 13.1. The van der Waals surface area contributed by atoms with Crippen molar-refractivity contribution in [1.29, 1.82) is 10.5 Å². The molecule has 0 aliphatic carbocycles. The van der Waals surface area contributed by atoms with Gasteiger partial charge in [-0.25, -0.2) is 4.98 Å². The van der Waals surface area contributed by atoms with Crippen molar-refractivity contribution < 1.29 is 5.11 Å². The summed E-state index contributed by atoms with van der Waals surface area (Å²) in [5.41, 5.74) is -0.987. The summed E-state index contributed by atoms with van der Waals surface area (Å²) in [6.45, 7) is 0. The van der Waals surface area contributed by atoms with Gasteiger partial charge >= 0.3 is 0 Å². The molecule has 0 unspecified atom stereocenters. The third-order valence-corrected chi connectivity index (χ3v) is 5.99. The fraction of sp³-hybridized carbons (Fsp3) is 0.0400. The third-order valence-electron chi connectivity index (χ3n) is 5.74. The molecule has 0 atom stereocenters. The molecule has 3 aromatic heterocycles. The molecule has 1 N–H and O–H groups in total. The van der Waals surface area contributed by atoms with Gasteiger partial charge in [0.15, 0.2) is 5.65 Å². The highest BCUT2D eigenvalue weighted by Crippen LogP contribution is 2.33. The van der Waals surface area contributed by atoms with Crippen LogP contribution in [0, 0.1) is 22.7 Å². The monoisotopic (exact) mass is 480 g/mol. The molecule has 3 heterocycles. The van der Waals surface area contributed by atoms with Gasteiger partial charge in [0, 0.05) is 23.0 Å². The van der Waals surface area contributed by atoms with Gasteiger partial charge < -0.3 is 9.67 Å². The lowest BCUT2D eigenvalue weighted by molar-refractivity contribution is 0.481. The summed E-state index contributed by atoms with van der Waals surface area (Å²) in [5, 5.41) is 35.6. The number of nitriles is 2. The molecule has 0 fully saturated rings. The molecule has 5 rings (SSSR count). The molecule has 0 saturated carbocycles. The summed E-state index contributed by atoms with van der Waals surface area (Å²) in [5.74, 6) is -0.297. The zero-order valence-electron chi connectivity index (χ0n) is 18.0. The minimum Gasteiger partial charge on any atom is -0.506 e. The van der Waals surface area contributed by atoms with E-state index in [0.717, 1.165) is 10.7 Å². The summed E-state index contributed by atoms with van der Waals surface area (Å²) in [6, 6.07) is 17.0. The Balaban J connectivity index is 1.90. The van der Waals surface area contributed by atoms with Gasteiger partial charge in [0.25, 0.3) is 11.1 Å². The lowest BCUT2D eigenvalue weighted by atomic mass is 9.97. The van der Waals surface area contributed by atoms with Crippen LogP contribution in [-0.4, -0.2) is 24.3 Å². The number of aromatic hydroxyl groups is 1. The number of fused-ring (bicyclic) bond motifs is 2. The van der Waals surface area contributed by atoms with Crippen LogP contribution in [0.2, 0.25) is 5.02 Å². The number of aromatic nitrogens is 4. The van der Waals surface area contributed by atoms with Gasteiger partial charge in [0.2, 0.25) is 0 Å². The Kier molecular flexibility index (Phi) is 5.05. The first kappa shape index (κ1) is 21.8. The largest absolute Gasteiger partial charge is 0.506 e. The number of halogens is 1. The Morgan fingerprint density at radius 3 is 2.31 bits per heavy atom. The second-order valence-corrected chi connectivity index (χ2v) is 8.08. The van der Waals surface area contributed by atoms with Crippen molar-refractivity contribution in [2.75, 3.05) is 0 Å². The zero-order valence-corrected chi connectivity index (χ0v) is 18.8. The number of hydrogen-bond donors (Lipinski definition) is 1. The first-order chi connectivity index (χ1) is 16.9. The van der Waals surface area contributed by atoms with E-state index in [1.165, 1.54) is 4.57 Å². The average molecular weight is 481 g/mol. The SMILES string of the molecule is Cn1c(=O)c(-c2cnn3c(=O)c(C#N)c(-c4ccc(Cl)cc4)c(C#N)c3n2)c(O)c2ccccc21. The van der Waals surface area contributed by atoms with Crippen LogP contribution in [0.15, 0.2) is 64.3 Å². The van der Waals surface area contributed by atoms with Crippen LogP contribution in [0.3, 0.4) is 0 Å². The maximum absolute atomic E-state index is 13.1. The van der Waals surface area contributed by atoms with E-state index in [0.29, 0.717) is 21.5 Å². The van der Waals surface area contributed by atoms with Crippen LogP contribution in [-0.2, 0) is 7.05 Å². The van der Waals surface area contributed by atoms with Crippen LogP contribution in [0.4, 0.5) is 0 Å². The number of benzene rings is 2. The van der Waals surface area contributed by atoms with Gasteiger partial charge in [0.1, 0.15) is 40.3 Å². The van der Waals surface area contributed by atoms with Gasteiger partial charge in [-0.15, -0.1) is 0 Å². The third kappa shape index (κ3) is 3.22. The van der Waals surface area contributed by atoms with Crippen LogP contribution in [0.1, 0.15) is 11.1 Å². The normalized spacial score (nSPS) is 10.9. The molecule has 0 aliphatic heterocycles. The fourth-order valence-electron chi connectivity index (χ4n) is 4.06. The lowest BCUT2D eigenvalue weighted by Crippen LogP contribution is -2.24. The van der Waals surface area contributed by atoms with Crippen molar-refractivity contribution in [3.8, 4) is 40.3 Å². The average Bonchev–Trinajstić information content (AvgIpc) is 2.88. The van der Waals surface area contributed by atoms with Crippen LogP contribution in [0.25, 0.3) is 38.9 Å². The summed E-state index contributed by atoms with van der Waals surface area (Å²) in [6.07, 6.45) is 1.14. The maximum Gasteiger partial charge on any atom is 0.291 e. The van der Waals surface area contributed by atoms with Crippen molar-refractivity contribution in [1.82, 2.24) is 19.2 Å². The Hall–Kier alpha value is -4.99. The molecule has 0 saturated heterocycles. The van der Waals surface area contributed by atoms with Crippen LogP contribution < -0.4 is 11.1 Å². The molecule has 5 aromatic rings. The van der Waals surface area contributed by atoms with Crippen molar-refractivity contribution in [2.45, 2.75) is 0 Å². The van der Waals surface area contributed by atoms with Crippen molar-refractivity contribution in [2.24, 2.45) is 7.05 Å². The number of hydrogen-bond acceptors (Lipinski definition) is 7. The number of para-hydroxylation sites is 1. The Morgan fingerprint density at radius 1 is 0.943 bits per heavy atom. The van der Waals surface area contributed by atoms with Gasteiger partial charge in [-0.1, -0.05) is 35.9 Å². The number of pyridine rings is 2. The minimum absolute atomic E-state index is 0.0310. The molecule has 0 amide bonds. The van der Waals surface area contributed by atoms with Crippen LogP contribution in [0.5, 0.6) is 5.75 Å². The molecule has 0 aliphatic rings. The molecule has 10 heteroatoms. The molecular formula is C25H13ClN6O3. The second kappa shape index (κ2) is 8.10. The molecule has 0 spiro atoms. The van der Waals surface area contributed by atoms with Crippen molar-refractivity contribution >= 4 is 28.2 Å². The quantitative estimate of drug-likeness (QED) is 0.408. The van der Waals surface area contributed by atoms with Crippen molar-refractivity contribution in [3.63, 3.8) is 0 Å². The number of rotatable bonds is 2. The molecule has 0 radical (unpaired) electrons. The Bertz CT molecular complexity index is 1890. The minimum atomic E-state index is -0.777. The van der Waals surface area contributed by atoms with Gasteiger partial charge in [-0.3, -0.25) is 9.59 Å². The molecule has 35 heavy (non-hydrogen) atoms. The predicted octanol–water partition coefficient (Wildman–Crippen LogP) is 3.38. The Labute approximate surface area is 201 Å². The highest BCUT2D eigenvalue weighted by molar-refractivity contribution is 6.30. The summed E-state index contributed by atoms with van der Waals surface area (Å²) in [7, 11) is 1.56. The smallest absolute Gasteiger partial charge is 0.291 e. The van der Waals surface area contributed by atoms with E-state index in [2.05, 4.69) is 10.1 Å². The van der Waals surface area contributed by atoms with E-state index in [-0.39, 0.29) is 39.3 Å². The second-order valence-electron chi connectivity index (χ2n) is 7.64. The standard InChI is InChI=1S/C25H13ClN6O3/c1-31-19-5-3-2-4-15(19)22(33)21(25(31)35)18-12-29-32-23(30-18)16(10-27)20(17(11-28)24(32)34)13-6-8-14(26)9-7-13/h2-9,12,33H,1H3. The molecule has 2 aromatic carbocycles. The zero-order chi connectivity index (χ0) is 24.9. The number of aryl methyl sites for hydroxylation is 1. The van der Waals surface area contributed by atoms with Crippen molar-refractivity contribution in [3.05, 3.63) is 91.6 Å². The fourth-order valence-corrected chi connectivity index (χ4v) is 4.19.